The van der Waals surface area contributed by atoms with Gasteiger partial charge in [0.15, 0.2) is 5.82 Å². The molecule has 114 valence electrons. The van der Waals surface area contributed by atoms with Crippen LogP contribution in [-0.4, -0.2) is 20.2 Å². The molecule has 0 aliphatic rings. The summed E-state index contributed by atoms with van der Waals surface area (Å²) in [7, 11) is 0. The van der Waals surface area contributed by atoms with Crippen molar-refractivity contribution in [3.05, 3.63) is 23.8 Å². The quantitative estimate of drug-likeness (QED) is 0.878. The summed E-state index contributed by atoms with van der Waals surface area (Å²) in [5, 5.41) is 12.4. The maximum absolute atomic E-state index is 5.83. The summed E-state index contributed by atoms with van der Waals surface area (Å²) < 4.78 is 1.93. The fourth-order valence-electron chi connectivity index (χ4n) is 3.07. The Balaban J connectivity index is 2.47. The number of hydrogen-bond donors (Lipinski definition) is 1. The van der Waals surface area contributed by atoms with E-state index in [2.05, 4.69) is 50.1 Å². The van der Waals surface area contributed by atoms with Crippen molar-refractivity contribution < 1.29 is 0 Å². The van der Waals surface area contributed by atoms with Gasteiger partial charge in [0.2, 0.25) is 0 Å². The van der Waals surface area contributed by atoms with Gasteiger partial charge in [-0.15, -0.1) is 5.10 Å². The zero-order chi connectivity index (χ0) is 15.8. The van der Waals surface area contributed by atoms with E-state index >= 15 is 0 Å². The first-order chi connectivity index (χ1) is 9.60. The van der Waals surface area contributed by atoms with E-state index in [1.54, 1.807) is 0 Å². The van der Waals surface area contributed by atoms with Crippen LogP contribution in [0.25, 0.3) is 11.4 Å². The lowest BCUT2D eigenvalue weighted by molar-refractivity contribution is 0.197. The number of benzene rings is 1. The van der Waals surface area contributed by atoms with Crippen LogP contribution in [-0.2, 0) is 5.54 Å². The number of hydrogen-bond acceptors (Lipinski definition) is 4. The van der Waals surface area contributed by atoms with Gasteiger partial charge in [-0.25, -0.2) is 4.68 Å². The Morgan fingerprint density at radius 3 is 2.38 bits per heavy atom. The molecule has 21 heavy (non-hydrogen) atoms. The van der Waals surface area contributed by atoms with Crippen LogP contribution in [0.15, 0.2) is 18.2 Å². The molecule has 0 spiro atoms. The van der Waals surface area contributed by atoms with Crippen LogP contribution in [0, 0.1) is 12.3 Å². The average Bonchev–Trinajstić information content (AvgIpc) is 2.75. The van der Waals surface area contributed by atoms with Crippen molar-refractivity contribution in [2.45, 2.75) is 53.5 Å². The van der Waals surface area contributed by atoms with Gasteiger partial charge in [-0.05, 0) is 66.8 Å². The number of nitrogens with zero attached hydrogens (tertiary/aromatic N) is 4. The zero-order valence-corrected chi connectivity index (χ0v) is 13.8. The first kappa shape index (κ1) is 15.5. The number of anilines is 1. The second-order valence-corrected chi connectivity index (χ2v) is 7.54. The summed E-state index contributed by atoms with van der Waals surface area (Å²) in [5.41, 5.74) is 8.72. The van der Waals surface area contributed by atoms with Crippen LogP contribution in [0.4, 0.5) is 5.69 Å². The molecule has 2 rings (SSSR count). The van der Waals surface area contributed by atoms with Gasteiger partial charge >= 0.3 is 0 Å². The molecule has 0 fully saturated rings. The molecule has 0 saturated heterocycles. The third-order valence-corrected chi connectivity index (χ3v) is 3.50. The minimum absolute atomic E-state index is 0.162. The van der Waals surface area contributed by atoms with Gasteiger partial charge in [-0.1, -0.05) is 20.8 Å². The summed E-state index contributed by atoms with van der Waals surface area (Å²) in [6, 6.07) is 5.82. The highest BCUT2D eigenvalue weighted by molar-refractivity contribution is 5.63. The molecule has 0 amide bonds. The van der Waals surface area contributed by atoms with E-state index in [4.69, 9.17) is 5.73 Å². The molecule has 5 nitrogen and oxygen atoms in total. The molecule has 1 aromatic carbocycles. The highest BCUT2D eigenvalue weighted by Gasteiger charge is 2.31. The molecule has 0 saturated carbocycles. The summed E-state index contributed by atoms with van der Waals surface area (Å²) in [5.74, 6) is 0.793. The van der Waals surface area contributed by atoms with Crippen LogP contribution >= 0.6 is 0 Å². The SMILES string of the molecule is Cc1cc(N)ccc1-c1nnnn1C(C)(C)CC(C)(C)C. The predicted octanol–water partition coefficient (Wildman–Crippen LogP) is 3.40. The van der Waals surface area contributed by atoms with Gasteiger partial charge in [-0.2, -0.15) is 0 Å². The number of nitrogen functional groups attached to an aromatic ring is 1. The second kappa shape index (κ2) is 5.13. The first-order valence-electron chi connectivity index (χ1n) is 7.25. The van der Waals surface area contributed by atoms with E-state index in [1.165, 1.54) is 0 Å². The van der Waals surface area contributed by atoms with Crippen LogP contribution < -0.4 is 5.73 Å². The van der Waals surface area contributed by atoms with Crippen LogP contribution in [0.1, 0.15) is 46.6 Å². The minimum atomic E-state index is -0.162. The molecule has 1 heterocycles. The Kier molecular flexibility index (Phi) is 3.78. The normalized spacial score (nSPS) is 12.7. The summed E-state index contributed by atoms with van der Waals surface area (Å²) in [6.45, 7) is 13.1. The lowest BCUT2D eigenvalue weighted by atomic mass is 9.81. The van der Waals surface area contributed by atoms with E-state index in [0.717, 1.165) is 29.1 Å². The zero-order valence-electron chi connectivity index (χ0n) is 13.8. The van der Waals surface area contributed by atoms with Gasteiger partial charge in [-0.3, -0.25) is 0 Å². The predicted molar refractivity (Wildman–Crippen MR) is 85.8 cm³/mol. The third kappa shape index (κ3) is 3.40. The van der Waals surface area contributed by atoms with Crippen molar-refractivity contribution >= 4 is 5.69 Å². The van der Waals surface area contributed by atoms with Gasteiger partial charge in [0.05, 0.1) is 5.54 Å². The van der Waals surface area contributed by atoms with E-state index in [-0.39, 0.29) is 11.0 Å². The molecule has 1 aromatic heterocycles. The molecule has 0 bridgehead atoms. The van der Waals surface area contributed by atoms with Gasteiger partial charge in [0.25, 0.3) is 0 Å². The monoisotopic (exact) mass is 287 g/mol. The third-order valence-electron chi connectivity index (χ3n) is 3.50. The molecule has 2 N–H and O–H groups in total. The number of aryl methyl sites for hydroxylation is 1. The molecule has 5 heteroatoms. The van der Waals surface area contributed by atoms with Crippen molar-refractivity contribution in [2.24, 2.45) is 5.41 Å². The average molecular weight is 287 g/mol. The van der Waals surface area contributed by atoms with E-state index in [1.807, 2.05) is 29.8 Å². The summed E-state index contributed by atoms with van der Waals surface area (Å²) in [6.07, 6.45) is 0.978. The molecule has 0 radical (unpaired) electrons. The lowest BCUT2D eigenvalue weighted by Crippen LogP contribution is -2.33. The van der Waals surface area contributed by atoms with E-state index in [0.29, 0.717) is 0 Å². The molecule has 0 atom stereocenters. The maximum Gasteiger partial charge on any atom is 0.182 e. The first-order valence-corrected chi connectivity index (χ1v) is 7.25. The molecule has 0 unspecified atom stereocenters. The maximum atomic E-state index is 5.83. The Hall–Kier alpha value is -1.91. The second-order valence-electron chi connectivity index (χ2n) is 7.54. The number of aromatic nitrogens is 4. The van der Waals surface area contributed by atoms with E-state index < -0.39 is 0 Å². The minimum Gasteiger partial charge on any atom is -0.399 e. The molecule has 2 aromatic rings. The lowest BCUT2D eigenvalue weighted by Gasteiger charge is -2.33. The van der Waals surface area contributed by atoms with Crippen LogP contribution in [0.2, 0.25) is 0 Å². The van der Waals surface area contributed by atoms with Crippen molar-refractivity contribution in [2.75, 3.05) is 5.73 Å². The summed E-state index contributed by atoms with van der Waals surface area (Å²) >= 11 is 0. The molecule has 0 aliphatic carbocycles. The fourth-order valence-corrected chi connectivity index (χ4v) is 3.07. The van der Waals surface area contributed by atoms with Crippen molar-refractivity contribution in [1.29, 1.82) is 0 Å². The van der Waals surface area contributed by atoms with Gasteiger partial charge in [0, 0.05) is 11.3 Å². The Labute approximate surface area is 126 Å². The molecule has 0 aliphatic heterocycles. The van der Waals surface area contributed by atoms with E-state index in [9.17, 15) is 0 Å². The van der Waals surface area contributed by atoms with Crippen molar-refractivity contribution in [3.8, 4) is 11.4 Å². The van der Waals surface area contributed by atoms with Crippen molar-refractivity contribution in [1.82, 2.24) is 20.2 Å². The Bertz CT molecular complexity index is 634. The Morgan fingerprint density at radius 2 is 1.81 bits per heavy atom. The fraction of sp³-hybridized carbons (Fsp3) is 0.562. The van der Waals surface area contributed by atoms with Crippen LogP contribution in [0.5, 0.6) is 0 Å². The topological polar surface area (TPSA) is 69.6 Å². The highest BCUT2D eigenvalue weighted by Crippen LogP contribution is 2.34. The van der Waals surface area contributed by atoms with Gasteiger partial charge in [0.1, 0.15) is 0 Å². The largest absolute Gasteiger partial charge is 0.399 e. The molecular formula is C16H25N5. The van der Waals surface area contributed by atoms with Crippen molar-refractivity contribution in [3.63, 3.8) is 0 Å². The van der Waals surface area contributed by atoms with Crippen LogP contribution in [0.3, 0.4) is 0 Å². The molecular weight excluding hydrogens is 262 g/mol. The highest BCUT2D eigenvalue weighted by atomic mass is 15.6. The standard InChI is InChI=1S/C16H25N5/c1-11-9-12(17)7-8-13(11)14-18-19-20-21(14)16(5,6)10-15(2,3)4/h7-9H,10,17H2,1-6H3. The van der Waals surface area contributed by atoms with Gasteiger partial charge < -0.3 is 5.73 Å². The number of nitrogens with two attached hydrogens (primary N) is 1. The Morgan fingerprint density at radius 1 is 1.14 bits per heavy atom. The number of tetrazole rings is 1. The number of rotatable bonds is 3. The summed E-state index contributed by atoms with van der Waals surface area (Å²) in [4.78, 5) is 0. The smallest absolute Gasteiger partial charge is 0.182 e.